The minimum Gasteiger partial charge on any atom is -0.319 e. The van der Waals surface area contributed by atoms with Gasteiger partial charge in [0.2, 0.25) is 5.56 Å². The number of aryl methyl sites for hydroxylation is 1. The predicted octanol–water partition coefficient (Wildman–Crippen LogP) is 1.00. The van der Waals surface area contributed by atoms with Gasteiger partial charge in [-0.05, 0) is 6.07 Å². The molecule has 2 nitrogen and oxygen atoms in total. The second-order valence-corrected chi connectivity index (χ2v) is 1.65. The molecule has 0 fully saturated rings. The molecule has 0 atom stereocenters. The molecule has 0 aliphatic rings. The fourth-order valence-corrected chi connectivity index (χ4v) is 0.508. The Labute approximate surface area is 70.5 Å². The first-order chi connectivity index (χ1) is 3.80. The van der Waals surface area contributed by atoms with Crippen LogP contribution in [0.25, 0.3) is 0 Å². The van der Waals surface area contributed by atoms with Gasteiger partial charge in [0.1, 0.15) is 0 Å². The van der Waals surface area contributed by atoms with E-state index in [0.717, 1.165) is 0 Å². The van der Waals surface area contributed by atoms with Gasteiger partial charge in [-0.2, -0.15) is 0 Å². The molecular formula is C6H8INO. The molecule has 0 aromatic carbocycles. The Balaban J connectivity index is 0.000000640. The average molecular weight is 237 g/mol. The average Bonchev–Trinajstić information content (AvgIpc) is 1.77. The van der Waals surface area contributed by atoms with E-state index in [9.17, 15) is 4.79 Å². The molecule has 3 heteroatoms. The maximum Gasteiger partial charge on any atom is 0.250 e. The number of hydrogen-bond acceptors (Lipinski definition) is 1. The van der Waals surface area contributed by atoms with E-state index in [1.54, 1.807) is 19.3 Å². The highest BCUT2D eigenvalue weighted by atomic mass is 127. The lowest BCUT2D eigenvalue weighted by Gasteiger charge is -1.89. The van der Waals surface area contributed by atoms with Gasteiger partial charge in [-0.3, -0.25) is 4.79 Å². The zero-order valence-electron chi connectivity index (χ0n) is 5.07. The molecule has 0 radical (unpaired) electrons. The van der Waals surface area contributed by atoms with Crippen molar-refractivity contribution in [1.82, 2.24) is 4.57 Å². The summed E-state index contributed by atoms with van der Waals surface area (Å²) < 4.78 is 1.53. The van der Waals surface area contributed by atoms with Crippen LogP contribution < -0.4 is 5.56 Å². The Hall–Kier alpha value is -0.320. The van der Waals surface area contributed by atoms with Crippen LogP contribution >= 0.6 is 24.0 Å². The summed E-state index contributed by atoms with van der Waals surface area (Å²) in [5.74, 6) is 0. The minimum absolute atomic E-state index is 0. The first-order valence-electron chi connectivity index (χ1n) is 2.42. The molecule has 50 valence electrons. The summed E-state index contributed by atoms with van der Waals surface area (Å²) in [5, 5.41) is 0. The van der Waals surface area contributed by atoms with Crippen LogP contribution in [0.5, 0.6) is 0 Å². The van der Waals surface area contributed by atoms with E-state index in [4.69, 9.17) is 0 Å². The highest BCUT2D eigenvalue weighted by Crippen LogP contribution is 1.73. The molecule has 0 spiro atoms. The van der Waals surface area contributed by atoms with Crippen LogP contribution in [0.1, 0.15) is 0 Å². The first-order valence-corrected chi connectivity index (χ1v) is 2.42. The molecule has 1 aromatic heterocycles. The highest BCUT2D eigenvalue weighted by molar-refractivity contribution is 14.0. The van der Waals surface area contributed by atoms with E-state index in [1.807, 2.05) is 6.07 Å². The molecule has 9 heavy (non-hydrogen) atoms. The van der Waals surface area contributed by atoms with Crippen molar-refractivity contribution in [3.05, 3.63) is 34.7 Å². The van der Waals surface area contributed by atoms with Crippen molar-refractivity contribution in [2.45, 2.75) is 0 Å². The van der Waals surface area contributed by atoms with Crippen LogP contribution in [0.15, 0.2) is 29.2 Å². The second kappa shape index (κ2) is 3.66. The molecule has 1 aromatic rings. The third kappa shape index (κ3) is 2.17. The number of hydrogen-bond donors (Lipinski definition) is 0. The quantitative estimate of drug-likeness (QED) is 0.617. The van der Waals surface area contributed by atoms with Gasteiger partial charge < -0.3 is 4.57 Å². The zero-order chi connectivity index (χ0) is 5.98. The van der Waals surface area contributed by atoms with Gasteiger partial charge >= 0.3 is 0 Å². The Bertz CT molecular complexity index is 230. The van der Waals surface area contributed by atoms with Gasteiger partial charge in [0.05, 0.1) is 0 Å². The Kier molecular flexibility index (Phi) is 3.53. The summed E-state index contributed by atoms with van der Waals surface area (Å²) in [5.41, 5.74) is 0.0347. The molecular weight excluding hydrogens is 229 g/mol. The maximum absolute atomic E-state index is 10.6. The van der Waals surface area contributed by atoms with E-state index in [-0.39, 0.29) is 29.5 Å². The standard InChI is InChI=1S/C6H7NO.HI/c1-7-5-3-2-4-6(7)8;/h2-5H,1H3;1H. The molecule has 0 bridgehead atoms. The van der Waals surface area contributed by atoms with Gasteiger partial charge in [-0.15, -0.1) is 24.0 Å². The Morgan fingerprint density at radius 1 is 1.44 bits per heavy atom. The number of rotatable bonds is 0. The molecule has 0 aliphatic heterocycles. The lowest BCUT2D eigenvalue weighted by atomic mass is 10.5. The van der Waals surface area contributed by atoms with Gasteiger partial charge in [0.15, 0.2) is 0 Å². The molecule has 0 amide bonds. The lowest BCUT2D eigenvalue weighted by Crippen LogP contribution is -2.12. The number of halogens is 1. The van der Waals surface area contributed by atoms with Gasteiger partial charge in [0.25, 0.3) is 0 Å². The van der Waals surface area contributed by atoms with E-state index < -0.39 is 0 Å². The summed E-state index contributed by atoms with van der Waals surface area (Å²) in [6.07, 6.45) is 1.72. The summed E-state index contributed by atoms with van der Waals surface area (Å²) in [7, 11) is 1.72. The van der Waals surface area contributed by atoms with Crippen molar-refractivity contribution in [2.75, 3.05) is 0 Å². The van der Waals surface area contributed by atoms with Crippen molar-refractivity contribution in [2.24, 2.45) is 7.05 Å². The molecule has 0 saturated heterocycles. The van der Waals surface area contributed by atoms with Crippen molar-refractivity contribution in [1.29, 1.82) is 0 Å². The maximum atomic E-state index is 10.6. The van der Waals surface area contributed by atoms with E-state index in [1.165, 1.54) is 10.6 Å². The van der Waals surface area contributed by atoms with Crippen molar-refractivity contribution in [3.8, 4) is 0 Å². The summed E-state index contributed by atoms with van der Waals surface area (Å²) >= 11 is 0. The summed E-state index contributed by atoms with van der Waals surface area (Å²) in [6, 6.07) is 5.07. The Morgan fingerprint density at radius 2 is 2.11 bits per heavy atom. The van der Waals surface area contributed by atoms with E-state index in [0.29, 0.717) is 0 Å². The molecule has 0 aliphatic carbocycles. The number of aromatic nitrogens is 1. The topological polar surface area (TPSA) is 22.0 Å². The van der Waals surface area contributed by atoms with E-state index in [2.05, 4.69) is 0 Å². The Morgan fingerprint density at radius 3 is 2.44 bits per heavy atom. The van der Waals surface area contributed by atoms with Crippen LogP contribution in [0, 0.1) is 0 Å². The SMILES string of the molecule is Cn1ccccc1=O.I. The molecule has 0 saturated carbocycles. The molecule has 0 N–H and O–H groups in total. The third-order valence-corrected chi connectivity index (χ3v) is 1.01. The number of pyridine rings is 1. The zero-order valence-corrected chi connectivity index (χ0v) is 7.40. The summed E-state index contributed by atoms with van der Waals surface area (Å²) in [6.45, 7) is 0. The fourth-order valence-electron chi connectivity index (χ4n) is 0.508. The van der Waals surface area contributed by atoms with E-state index >= 15 is 0 Å². The van der Waals surface area contributed by atoms with Crippen LogP contribution in [0.3, 0.4) is 0 Å². The minimum atomic E-state index is 0. The van der Waals surface area contributed by atoms with Crippen LogP contribution in [0.4, 0.5) is 0 Å². The van der Waals surface area contributed by atoms with Crippen LogP contribution in [-0.2, 0) is 7.05 Å². The highest BCUT2D eigenvalue weighted by Gasteiger charge is 1.79. The van der Waals surface area contributed by atoms with Crippen molar-refractivity contribution in [3.63, 3.8) is 0 Å². The number of nitrogens with zero attached hydrogens (tertiary/aromatic N) is 1. The van der Waals surface area contributed by atoms with Gasteiger partial charge in [-0.25, -0.2) is 0 Å². The smallest absolute Gasteiger partial charge is 0.250 e. The fraction of sp³-hybridized carbons (Fsp3) is 0.167. The third-order valence-electron chi connectivity index (χ3n) is 1.01. The van der Waals surface area contributed by atoms with Crippen LogP contribution in [-0.4, -0.2) is 4.57 Å². The van der Waals surface area contributed by atoms with Gasteiger partial charge in [0, 0.05) is 19.3 Å². The largest absolute Gasteiger partial charge is 0.319 e. The molecule has 1 heterocycles. The lowest BCUT2D eigenvalue weighted by molar-refractivity contribution is 0.860. The summed E-state index contributed by atoms with van der Waals surface area (Å²) in [4.78, 5) is 10.6. The van der Waals surface area contributed by atoms with Crippen molar-refractivity contribution < 1.29 is 0 Å². The van der Waals surface area contributed by atoms with Crippen LogP contribution in [0.2, 0.25) is 0 Å². The first kappa shape index (κ1) is 8.68. The monoisotopic (exact) mass is 237 g/mol. The normalized spacial score (nSPS) is 8.11. The predicted molar refractivity (Wildman–Crippen MR) is 47.1 cm³/mol. The van der Waals surface area contributed by atoms with Gasteiger partial charge in [-0.1, -0.05) is 6.07 Å². The molecule has 1 rings (SSSR count). The second-order valence-electron chi connectivity index (χ2n) is 1.65. The van der Waals surface area contributed by atoms with Crippen molar-refractivity contribution >= 4 is 24.0 Å². The molecule has 0 unspecified atom stereocenters.